The Morgan fingerprint density at radius 1 is 1.27 bits per heavy atom. The third-order valence-electron chi connectivity index (χ3n) is 8.60. The fourth-order valence-corrected chi connectivity index (χ4v) is 7.40. The van der Waals surface area contributed by atoms with Gasteiger partial charge in [0.15, 0.2) is 0 Å². The predicted octanol–water partition coefficient (Wildman–Crippen LogP) is 6.22. The van der Waals surface area contributed by atoms with Crippen molar-refractivity contribution in [2.45, 2.75) is 110 Å². The highest BCUT2D eigenvalue weighted by Crippen LogP contribution is 2.60. The maximum atomic E-state index is 11.0. The van der Waals surface area contributed by atoms with Gasteiger partial charge in [0.05, 0.1) is 11.7 Å². The number of fused-ring (bicyclic) bond motifs is 1. The van der Waals surface area contributed by atoms with Gasteiger partial charge in [-0.2, -0.15) is 0 Å². The first kappa shape index (κ1) is 26.7. The summed E-state index contributed by atoms with van der Waals surface area (Å²) in [5.74, 6) is 1.96. The molecule has 3 fully saturated rings. The van der Waals surface area contributed by atoms with Crippen molar-refractivity contribution in [3.8, 4) is 0 Å². The van der Waals surface area contributed by atoms with Crippen LogP contribution in [0.15, 0.2) is 35.5 Å². The minimum absolute atomic E-state index is 0.322. The number of rotatable bonds is 8. The van der Waals surface area contributed by atoms with Crippen LogP contribution in [0.2, 0.25) is 0 Å². The van der Waals surface area contributed by atoms with Crippen molar-refractivity contribution in [3.63, 3.8) is 0 Å². The van der Waals surface area contributed by atoms with Crippen LogP contribution in [-0.2, 0) is 14.6 Å². The zero-order valence-electron chi connectivity index (χ0n) is 20.9. The average molecular weight is 480 g/mol. The maximum absolute atomic E-state index is 11.0. The van der Waals surface area contributed by atoms with Crippen molar-refractivity contribution in [1.82, 2.24) is 0 Å². The van der Waals surface area contributed by atoms with E-state index in [0.717, 1.165) is 30.4 Å². The third-order valence-corrected chi connectivity index (χ3v) is 9.10. The lowest BCUT2D eigenvalue weighted by molar-refractivity contribution is 0.0596. The summed E-state index contributed by atoms with van der Waals surface area (Å²) in [7, 11) is -4.69. The molecule has 0 heterocycles. The Morgan fingerprint density at radius 2 is 2.00 bits per heavy atom. The zero-order chi connectivity index (χ0) is 24.4. The van der Waals surface area contributed by atoms with E-state index in [1.54, 1.807) is 0 Å². The molecule has 3 aliphatic rings. The number of allylic oxidation sites excluding steroid dienone is 4. The molecule has 0 saturated heterocycles. The molecule has 0 amide bonds. The van der Waals surface area contributed by atoms with Crippen LogP contribution in [0.1, 0.15) is 98.3 Å². The Hall–Kier alpha value is -0.950. The van der Waals surface area contributed by atoms with Crippen LogP contribution in [-0.4, -0.2) is 29.8 Å². The molecule has 3 saturated carbocycles. The SMILES string of the molecule is C=C1CC[C@H](OS(=O)(=O)[O-])C/C1=C/C=C1\CCC[C@]2(C)[C@@H]([C@H](C)CCCC(C)(C)O)CC[C@@H]12. The van der Waals surface area contributed by atoms with E-state index < -0.39 is 22.1 Å². The molecular weight excluding hydrogens is 436 g/mol. The van der Waals surface area contributed by atoms with E-state index in [-0.39, 0.29) is 0 Å². The van der Waals surface area contributed by atoms with Crippen LogP contribution in [0.5, 0.6) is 0 Å². The Bertz CT molecular complexity index is 879. The van der Waals surface area contributed by atoms with Gasteiger partial charge in [0.25, 0.3) is 0 Å². The highest BCUT2D eigenvalue weighted by molar-refractivity contribution is 7.80. The van der Waals surface area contributed by atoms with Gasteiger partial charge >= 0.3 is 0 Å². The first-order valence-electron chi connectivity index (χ1n) is 12.7. The summed E-state index contributed by atoms with van der Waals surface area (Å²) in [6.45, 7) is 12.8. The number of aliphatic hydroxyl groups is 1. The van der Waals surface area contributed by atoms with Gasteiger partial charge in [0, 0.05) is 6.42 Å². The molecule has 0 bridgehead atoms. The highest BCUT2D eigenvalue weighted by Gasteiger charge is 2.50. The molecule has 33 heavy (non-hydrogen) atoms. The number of hydrogen-bond donors (Lipinski definition) is 1. The van der Waals surface area contributed by atoms with E-state index in [1.165, 1.54) is 37.7 Å². The molecule has 3 rings (SSSR count). The molecule has 0 aliphatic heterocycles. The molecule has 0 aromatic heterocycles. The molecule has 1 N–H and O–H groups in total. The van der Waals surface area contributed by atoms with Crippen LogP contribution in [0.4, 0.5) is 0 Å². The van der Waals surface area contributed by atoms with Crippen molar-refractivity contribution in [2.75, 3.05) is 0 Å². The van der Waals surface area contributed by atoms with Crippen LogP contribution < -0.4 is 0 Å². The van der Waals surface area contributed by atoms with Gasteiger partial charge in [-0.25, -0.2) is 8.42 Å². The summed E-state index contributed by atoms with van der Waals surface area (Å²) >= 11 is 0. The second-order valence-corrected chi connectivity index (χ2v) is 12.7. The molecule has 0 radical (unpaired) electrons. The Labute approximate surface area is 201 Å². The van der Waals surface area contributed by atoms with Crippen molar-refractivity contribution >= 4 is 10.4 Å². The lowest BCUT2D eigenvalue weighted by Gasteiger charge is -2.44. The zero-order valence-corrected chi connectivity index (χ0v) is 21.8. The summed E-state index contributed by atoms with van der Waals surface area (Å²) in [4.78, 5) is 0. The monoisotopic (exact) mass is 479 g/mol. The van der Waals surface area contributed by atoms with Crippen molar-refractivity contribution < 1.29 is 22.3 Å². The topological polar surface area (TPSA) is 86.7 Å². The van der Waals surface area contributed by atoms with Gasteiger partial charge in [0.1, 0.15) is 0 Å². The highest BCUT2D eigenvalue weighted by atomic mass is 32.3. The molecule has 188 valence electrons. The van der Waals surface area contributed by atoms with Crippen molar-refractivity contribution in [3.05, 3.63) is 35.5 Å². The Balaban J connectivity index is 1.69. The van der Waals surface area contributed by atoms with E-state index in [0.29, 0.717) is 42.4 Å². The van der Waals surface area contributed by atoms with Gasteiger partial charge < -0.3 is 9.66 Å². The largest absolute Gasteiger partial charge is 0.726 e. The number of hydrogen-bond acceptors (Lipinski definition) is 5. The van der Waals surface area contributed by atoms with Crippen molar-refractivity contribution in [2.24, 2.45) is 23.2 Å². The summed E-state index contributed by atoms with van der Waals surface area (Å²) in [6.07, 6.45) is 14.6. The summed E-state index contributed by atoms with van der Waals surface area (Å²) in [5, 5.41) is 10.1. The van der Waals surface area contributed by atoms with Crippen LogP contribution in [0.25, 0.3) is 0 Å². The van der Waals surface area contributed by atoms with E-state index in [9.17, 15) is 18.1 Å². The second kappa shape index (κ2) is 10.3. The summed E-state index contributed by atoms with van der Waals surface area (Å²) < 4.78 is 37.8. The molecule has 5 nitrogen and oxygen atoms in total. The molecular formula is C27H43O5S-. The minimum atomic E-state index is -4.69. The molecule has 6 heteroatoms. The minimum Gasteiger partial charge on any atom is -0.726 e. The van der Waals surface area contributed by atoms with Crippen LogP contribution in [0, 0.1) is 23.2 Å². The Kier molecular flexibility index (Phi) is 8.36. The fraction of sp³-hybridized carbons (Fsp3) is 0.778. The quantitative estimate of drug-likeness (QED) is 0.330. The van der Waals surface area contributed by atoms with Gasteiger partial charge in [-0.05, 0) is 94.0 Å². The molecule has 0 aromatic carbocycles. The van der Waals surface area contributed by atoms with E-state index >= 15 is 0 Å². The maximum Gasteiger partial charge on any atom is 0.217 e. The smallest absolute Gasteiger partial charge is 0.217 e. The summed E-state index contributed by atoms with van der Waals surface area (Å²) in [6, 6.07) is 0. The predicted molar refractivity (Wildman–Crippen MR) is 131 cm³/mol. The molecule has 0 aromatic rings. The van der Waals surface area contributed by atoms with Gasteiger partial charge in [0.2, 0.25) is 10.4 Å². The van der Waals surface area contributed by atoms with Gasteiger partial charge in [-0.15, -0.1) is 0 Å². The van der Waals surface area contributed by atoms with Crippen LogP contribution >= 0.6 is 0 Å². The average Bonchev–Trinajstić information content (AvgIpc) is 3.03. The first-order chi connectivity index (χ1) is 15.3. The van der Waals surface area contributed by atoms with E-state index in [2.05, 4.69) is 32.6 Å². The molecule has 5 atom stereocenters. The Morgan fingerprint density at radius 3 is 2.67 bits per heavy atom. The molecule has 0 spiro atoms. The lowest BCUT2D eigenvalue weighted by atomic mass is 9.60. The standard InChI is InChI=1S/C27H44O5S/c1-19-10-13-23(32-33(29,30)31)18-22(19)12-11-21-9-7-17-27(5)24(14-15-25(21)27)20(2)8-6-16-26(3,4)28/h11-12,20,23-25,28H,1,6-10,13-18H2,2-5H3,(H,29,30,31)/p-1/b21-11+,22-12-/t20-,23+,24-,25+,27-/m1/s1. The van der Waals surface area contributed by atoms with Gasteiger partial charge in [-0.3, -0.25) is 4.18 Å². The molecule has 3 aliphatic carbocycles. The van der Waals surface area contributed by atoms with Crippen molar-refractivity contribution in [1.29, 1.82) is 0 Å². The van der Waals surface area contributed by atoms with Crippen LogP contribution in [0.3, 0.4) is 0 Å². The third kappa shape index (κ3) is 7.03. The normalized spacial score (nSPS) is 34.6. The van der Waals surface area contributed by atoms with E-state index in [1.807, 2.05) is 13.8 Å². The van der Waals surface area contributed by atoms with Gasteiger partial charge in [-0.1, -0.05) is 56.6 Å². The van der Waals surface area contributed by atoms with E-state index in [4.69, 9.17) is 4.18 Å². The lowest BCUT2D eigenvalue weighted by Crippen LogP contribution is -2.36. The first-order valence-corrected chi connectivity index (χ1v) is 14.1. The molecule has 0 unspecified atom stereocenters. The fourth-order valence-electron chi connectivity index (χ4n) is 6.90. The summed E-state index contributed by atoms with van der Waals surface area (Å²) in [5.41, 5.74) is 3.27. The second-order valence-electron chi connectivity index (χ2n) is 11.7.